The second-order valence-corrected chi connectivity index (χ2v) is 15.0. The van der Waals surface area contributed by atoms with Gasteiger partial charge in [-0.15, -0.1) is 24.5 Å². The van der Waals surface area contributed by atoms with E-state index in [0.717, 1.165) is 0 Å². The molecule has 5 unspecified atom stereocenters. The standard InChI is InChI=1S/C24H34N12O8P2S2/c37-5-11-13(33-45(41)47)17(39)23(43-11)35-9-31-15-19(27-7-29-21(15)35)25-3-1-2-4-26-20-16-22(30-8-28-20)36(10-32-16)24-18(40)14(34-46(42)48)12(6-38)44-24/h1-2,7-14,17-18,23-24,37-40,45-46H,3-6H2,(H,25,27,29)(H,26,28,30)(H2,33,41,47)(H2,34,42,48)/b2-1+/t11-,12?,13?,14?,17-,18-,23-,24-/m1/s1. The summed E-state index contributed by atoms with van der Waals surface area (Å²) in [6.45, 7) is -0.0480. The molecule has 20 nitrogen and oxygen atoms in total. The number of aliphatic hydroxyl groups is 4. The van der Waals surface area contributed by atoms with Gasteiger partial charge < -0.3 is 40.5 Å². The van der Waals surface area contributed by atoms with Crippen LogP contribution in [0.3, 0.4) is 0 Å². The SMILES string of the molecule is O=[PH](S)NC1C(CO)O[C@@H](n2cnc3c(NC/C=C/CNc4ncnc5c4ncn5[C@@H]4O[C@H](CO)C(N[PH](=O)S)[C@H]4O)ncnc32)[C@@H]1O. The molecule has 24 heteroatoms. The maximum absolute atomic E-state index is 11.6. The Morgan fingerprint density at radius 3 is 1.52 bits per heavy atom. The van der Waals surface area contributed by atoms with Crippen molar-refractivity contribution in [1.29, 1.82) is 0 Å². The number of hydrogen-bond acceptors (Lipinski definition) is 16. The van der Waals surface area contributed by atoms with Gasteiger partial charge in [-0.3, -0.25) is 28.4 Å². The van der Waals surface area contributed by atoms with Crippen LogP contribution in [-0.4, -0.2) is 122 Å². The van der Waals surface area contributed by atoms with Crippen LogP contribution < -0.4 is 20.8 Å². The Balaban J connectivity index is 1.07. The van der Waals surface area contributed by atoms with Crippen LogP contribution in [0.4, 0.5) is 11.6 Å². The van der Waals surface area contributed by atoms with E-state index in [1.807, 2.05) is 12.2 Å². The molecule has 0 spiro atoms. The maximum Gasteiger partial charge on any atom is 0.186 e. The van der Waals surface area contributed by atoms with Crippen LogP contribution in [0.25, 0.3) is 22.3 Å². The molecule has 6 heterocycles. The molecule has 6 rings (SSSR count). The molecule has 0 saturated carbocycles. The van der Waals surface area contributed by atoms with E-state index in [9.17, 15) is 29.6 Å². The number of anilines is 2. The number of nitrogens with one attached hydrogen (secondary N) is 4. The van der Waals surface area contributed by atoms with Crippen LogP contribution in [0, 0.1) is 0 Å². The summed E-state index contributed by atoms with van der Waals surface area (Å²) in [5.74, 6) is 0.888. The number of aliphatic hydroxyl groups excluding tert-OH is 4. The first-order valence-electron chi connectivity index (χ1n) is 14.6. The lowest BCUT2D eigenvalue weighted by Gasteiger charge is -2.19. The summed E-state index contributed by atoms with van der Waals surface area (Å²) in [5.41, 5.74) is 1.64. The molecule has 10 atom stereocenters. The van der Waals surface area contributed by atoms with Crippen molar-refractivity contribution in [2.45, 2.75) is 49.0 Å². The molecular formula is C24H34N12O8P2S2. The summed E-state index contributed by atoms with van der Waals surface area (Å²) in [6.07, 6.45) is 3.49. The third-order valence-electron chi connectivity index (χ3n) is 7.90. The highest BCUT2D eigenvalue weighted by molar-refractivity contribution is 8.40. The number of thiol groups is 2. The summed E-state index contributed by atoms with van der Waals surface area (Å²) in [5, 5.41) is 52.8. The van der Waals surface area contributed by atoms with Crippen LogP contribution in [0.5, 0.6) is 0 Å². The maximum atomic E-state index is 11.6. The first-order chi connectivity index (χ1) is 23.2. The molecular weight excluding hydrogens is 710 g/mol. The van der Waals surface area contributed by atoms with Gasteiger partial charge in [-0.1, -0.05) is 12.2 Å². The quantitative estimate of drug-likeness (QED) is 0.0426. The Hall–Kier alpha value is -2.72. The van der Waals surface area contributed by atoms with Crippen LogP contribution in [-0.2, 0) is 18.6 Å². The fourth-order valence-corrected chi connectivity index (χ4v) is 7.89. The van der Waals surface area contributed by atoms with Crippen molar-refractivity contribution < 1.29 is 39.0 Å². The summed E-state index contributed by atoms with van der Waals surface area (Å²) < 4.78 is 38.0. The van der Waals surface area contributed by atoms with E-state index in [0.29, 0.717) is 47.1 Å². The fourth-order valence-electron chi connectivity index (χ4n) is 5.71. The molecule has 48 heavy (non-hydrogen) atoms. The van der Waals surface area contributed by atoms with E-state index in [1.165, 1.54) is 34.4 Å². The third-order valence-corrected chi connectivity index (χ3v) is 9.83. The normalized spacial score (nSPS) is 28.9. The van der Waals surface area contributed by atoms with Gasteiger partial charge in [-0.2, -0.15) is 0 Å². The second-order valence-electron chi connectivity index (χ2n) is 10.8. The Morgan fingerprint density at radius 1 is 0.729 bits per heavy atom. The Bertz CT molecular complexity index is 1690. The van der Waals surface area contributed by atoms with Crippen LogP contribution >= 0.6 is 38.8 Å². The van der Waals surface area contributed by atoms with Crippen molar-refractivity contribution in [2.75, 3.05) is 36.9 Å². The molecule has 0 aliphatic carbocycles. The largest absolute Gasteiger partial charge is 0.394 e. The predicted molar refractivity (Wildman–Crippen MR) is 181 cm³/mol. The summed E-state index contributed by atoms with van der Waals surface area (Å²) in [4.78, 5) is 25.9. The number of aromatic nitrogens is 8. The van der Waals surface area contributed by atoms with Crippen molar-refractivity contribution in [3.8, 4) is 0 Å². The van der Waals surface area contributed by atoms with Crippen molar-refractivity contribution >= 4 is 72.8 Å². The minimum absolute atomic E-state index is 0.378. The number of imidazole rings is 2. The fraction of sp³-hybridized carbons (Fsp3) is 0.500. The first kappa shape index (κ1) is 35.1. The van der Waals surface area contributed by atoms with Gasteiger partial charge in [0.05, 0.1) is 38.0 Å². The van der Waals surface area contributed by atoms with E-state index in [-0.39, 0.29) is 0 Å². The minimum atomic E-state index is -2.46. The number of nitrogens with zero attached hydrogens (tertiary/aromatic N) is 8. The average Bonchev–Trinajstić information content (AvgIpc) is 3.83. The number of fused-ring (bicyclic) bond motifs is 2. The van der Waals surface area contributed by atoms with Crippen molar-refractivity contribution in [2.24, 2.45) is 0 Å². The minimum Gasteiger partial charge on any atom is -0.394 e. The molecule has 0 bridgehead atoms. The van der Waals surface area contributed by atoms with Gasteiger partial charge in [0.25, 0.3) is 0 Å². The molecule has 260 valence electrons. The highest BCUT2D eigenvalue weighted by Gasteiger charge is 2.46. The van der Waals surface area contributed by atoms with Gasteiger partial charge in [-0.25, -0.2) is 29.9 Å². The molecule has 4 aromatic rings. The molecule has 2 aliphatic rings. The average molecular weight is 745 g/mol. The molecule has 2 fully saturated rings. The monoisotopic (exact) mass is 744 g/mol. The van der Waals surface area contributed by atoms with E-state index >= 15 is 0 Å². The van der Waals surface area contributed by atoms with Crippen LogP contribution in [0.15, 0.2) is 37.5 Å². The van der Waals surface area contributed by atoms with Gasteiger partial charge in [0.15, 0.2) is 60.7 Å². The topological polar surface area (TPSA) is 269 Å². The number of hydrogen-bond donors (Lipinski definition) is 10. The zero-order valence-electron chi connectivity index (χ0n) is 24.8. The van der Waals surface area contributed by atoms with E-state index in [4.69, 9.17) is 9.47 Å². The molecule has 2 saturated heterocycles. The zero-order chi connectivity index (χ0) is 33.9. The number of ether oxygens (including phenoxy) is 2. The Morgan fingerprint density at radius 2 is 1.15 bits per heavy atom. The van der Waals surface area contributed by atoms with Crippen LogP contribution in [0.2, 0.25) is 0 Å². The highest BCUT2D eigenvalue weighted by atomic mass is 32.7. The lowest BCUT2D eigenvalue weighted by molar-refractivity contribution is -0.0489. The first-order valence-corrected chi connectivity index (χ1v) is 20.0. The van der Waals surface area contributed by atoms with Gasteiger partial charge in [0, 0.05) is 13.1 Å². The van der Waals surface area contributed by atoms with Crippen molar-refractivity contribution in [3.05, 3.63) is 37.5 Å². The molecule has 4 aromatic heterocycles. The Kier molecular flexibility index (Phi) is 11.3. The lowest BCUT2D eigenvalue weighted by Crippen LogP contribution is -2.42. The third kappa shape index (κ3) is 7.11. The Labute approximate surface area is 283 Å². The van der Waals surface area contributed by atoms with E-state index in [1.54, 1.807) is 0 Å². The van der Waals surface area contributed by atoms with Gasteiger partial charge in [0.1, 0.15) is 37.1 Å². The van der Waals surface area contributed by atoms with Crippen molar-refractivity contribution in [3.63, 3.8) is 0 Å². The van der Waals surface area contributed by atoms with Gasteiger partial charge >= 0.3 is 0 Å². The number of rotatable bonds is 14. The van der Waals surface area contributed by atoms with Gasteiger partial charge in [-0.05, 0) is 0 Å². The highest BCUT2D eigenvalue weighted by Crippen LogP contribution is 2.37. The molecule has 0 aromatic carbocycles. The van der Waals surface area contributed by atoms with E-state index in [2.05, 4.69) is 75.2 Å². The van der Waals surface area contributed by atoms with Gasteiger partial charge in [0.2, 0.25) is 0 Å². The summed E-state index contributed by atoms with van der Waals surface area (Å²) in [7, 11) is -4.91. The smallest absolute Gasteiger partial charge is 0.186 e. The van der Waals surface area contributed by atoms with Crippen LogP contribution in [0.1, 0.15) is 12.5 Å². The second kappa shape index (κ2) is 15.4. The summed E-state index contributed by atoms with van der Waals surface area (Å²) in [6, 6.07) is -1.60. The summed E-state index contributed by atoms with van der Waals surface area (Å²) >= 11 is 7.76. The molecule has 2 aliphatic heterocycles. The molecule has 8 N–H and O–H groups in total. The zero-order valence-corrected chi connectivity index (χ0v) is 28.6. The molecule has 0 amide bonds. The lowest BCUT2D eigenvalue weighted by atomic mass is 10.1. The predicted octanol–water partition coefficient (Wildman–Crippen LogP) is -0.897. The van der Waals surface area contributed by atoms with E-state index < -0.39 is 76.5 Å². The molecule has 0 radical (unpaired) electrons. The van der Waals surface area contributed by atoms with Crippen molar-refractivity contribution in [1.82, 2.24) is 49.2 Å².